The second kappa shape index (κ2) is 8.84. The van der Waals surface area contributed by atoms with Gasteiger partial charge in [0.2, 0.25) is 15.9 Å². The molecule has 22 heavy (non-hydrogen) atoms. The van der Waals surface area contributed by atoms with E-state index in [1.54, 1.807) is 4.31 Å². The van der Waals surface area contributed by atoms with Gasteiger partial charge in [0.15, 0.2) is 0 Å². The Morgan fingerprint density at radius 3 is 2.68 bits per heavy atom. The SMILES string of the molecule is O=C(CCCS(=O)(=O)N1CCCC1)NCCC1CCCNC1. The maximum Gasteiger partial charge on any atom is 0.220 e. The van der Waals surface area contributed by atoms with Crippen LogP contribution in [0.3, 0.4) is 0 Å². The number of hydrogen-bond acceptors (Lipinski definition) is 4. The van der Waals surface area contributed by atoms with Crippen molar-refractivity contribution in [1.82, 2.24) is 14.9 Å². The molecule has 0 aromatic heterocycles. The van der Waals surface area contributed by atoms with Crippen LogP contribution in [0, 0.1) is 5.92 Å². The third-order valence-electron chi connectivity index (χ3n) is 4.54. The summed E-state index contributed by atoms with van der Waals surface area (Å²) in [5, 5.41) is 6.28. The molecule has 2 rings (SSSR count). The minimum Gasteiger partial charge on any atom is -0.356 e. The van der Waals surface area contributed by atoms with Gasteiger partial charge in [0.05, 0.1) is 5.75 Å². The van der Waals surface area contributed by atoms with Crippen LogP contribution in [-0.2, 0) is 14.8 Å². The highest BCUT2D eigenvalue weighted by Gasteiger charge is 2.24. The molecule has 1 atom stereocenters. The number of carbonyl (C=O) groups excluding carboxylic acids is 1. The molecule has 6 nitrogen and oxygen atoms in total. The van der Waals surface area contributed by atoms with Gasteiger partial charge in [0.25, 0.3) is 0 Å². The average Bonchev–Trinajstić information content (AvgIpc) is 3.03. The van der Waals surface area contributed by atoms with Crippen molar-refractivity contribution in [2.75, 3.05) is 38.5 Å². The number of nitrogens with one attached hydrogen (secondary N) is 2. The zero-order valence-electron chi connectivity index (χ0n) is 13.3. The molecule has 1 unspecified atom stereocenters. The van der Waals surface area contributed by atoms with E-state index in [1.165, 1.54) is 12.8 Å². The third kappa shape index (κ3) is 5.85. The summed E-state index contributed by atoms with van der Waals surface area (Å²) in [5.41, 5.74) is 0. The summed E-state index contributed by atoms with van der Waals surface area (Å²) in [7, 11) is -3.15. The predicted molar refractivity (Wildman–Crippen MR) is 87.0 cm³/mol. The standard InChI is InChI=1S/C15H29N3O3S/c19-15(17-9-7-14-5-3-8-16-13-14)6-4-12-22(20,21)18-10-1-2-11-18/h14,16H,1-13H2,(H,17,19). The highest BCUT2D eigenvalue weighted by molar-refractivity contribution is 7.89. The summed E-state index contributed by atoms with van der Waals surface area (Å²) in [5.74, 6) is 0.720. The Kier molecular flexibility index (Phi) is 7.11. The van der Waals surface area contributed by atoms with Crippen LogP contribution < -0.4 is 10.6 Å². The van der Waals surface area contributed by atoms with Gasteiger partial charge in [-0.2, -0.15) is 0 Å². The average molecular weight is 331 g/mol. The first-order chi connectivity index (χ1) is 10.6. The Morgan fingerprint density at radius 1 is 1.23 bits per heavy atom. The molecule has 2 heterocycles. The van der Waals surface area contributed by atoms with Crippen LogP contribution in [-0.4, -0.2) is 57.1 Å². The number of rotatable bonds is 8. The number of piperidine rings is 1. The van der Waals surface area contributed by atoms with E-state index in [0.717, 1.165) is 32.4 Å². The van der Waals surface area contributed by atoms with Crippen molar-refractivity contribution in [2.45, 2.75) is 44.9 Å². The number of hydrogen-bond donors (Lipinski definition) is 2. The van der Waals surface area contributed by atoms with Crippen molar-refractivity contribution in [1.29, 1.82) is 0 Å². The quantitative estimate of drug-likeness (QED) is 0.686. The lowest BCUT2D eigenvalue weighted by molar-refractivity contribution is -0.121. The molecule has 0 aromatic rings. The second-order valence-corrected chi connectivity index (χ2v) is 8.47. The van der Waals surface area contributed by atoms with E-state index >= 15 is 0 Å². The normalized spacial score (nSPS) is 23.5. The Balaban J connectivity index is 1.55. The molecule has 1 amide bonds. The molecular weight excluding hydrogens is 302 g/mol. The molecule has 0 radical (unpaired) electrons. The maximum atomic E-state index is 12.0. The Labute approximate surface area is 134 Å². The summed E-state index contributed by atoms with van der Waals surface area (Å²) in [6.45, 7) is 4.14. The van der Waals surface area contributed by atoms with E-state index in [2.05, 4.69) is 10.6 Å². The molecule has 7 heteroatoms. The van der Waals surface area contributed by atoms with E-state index in [9.17, 15) is 13.2 Å². The zero-order chi connectivity index (χ0) is 15.8. The first-order valence-corrected chi connectivity index (χ1v) is 10.1. The molecule has 0 spiro atoms. The molecule has 2 aliphatic heterocycles. The van der Waals surface area contributed by atoms with Gasteiger partial charge < -0.3 is 10.6 Å². The van der Waals surface area contributed by atoms with Gasteiger partial charge in [0.1, 0.15) is 0 Å². The summed E-state index contributed by atoms with van der Waals surface area (Å²) >= 11 is 0. The zero-order valence-corrected chi connectivity index (χ0v) is 14.2. The van der Waals surface area contributed by atoms with Crippen LogP contribution in [0.4, 0.5) is 0 Å². The van der Waals surface area contributed by atoms with Gasteiger partial charge in [-0.05, 0) is 57.5 Å². The topological polar surface area (TPSA) is 78.5 Å². The Morgan fingerprint density at radius 2 is 2.00 bits per heavy atom. The van der Waals surface area contributed by atoms with Gasteiger partial charge in [-0.25, -0.2) is 12.7 Å². The monoisotopic (exact) mass is 331 g/mol. The first kappa shape index (κ1) is 17.7. The van der Waals surface area contributed by atoms with Crippen LogP contribution in [0.1, 0.15) is 44.9 Å². The third-order valence-corrected chi connectivity index (χ3v) is 6.49. The van der Waals surface area contributed by atoms with E-state index in [0.29, 0.717) is 38.4 Å². The predicted octanol–water partition coefficient (Wildman–Crippen LogP) is 0.698. The van der Waals surface area contributed by atoms with Gasteiger partial charge >= 0.3 is 0 Å². The van der Waals surface area contributed by atoms with Crippen molar-refractivity contribution in [3.05, 3.63) is 0 Å². The maximum absolute atomic E-state index is 12.0. The summed E-state index contributed by atoms with van der Waals surface area (Å²) in [6.07, 6.45) is 6.08. The second-order valence-electron chi connectivity index (χ2n) is 6.38. The van der Waals surface area contributed by atoms with E-state index in [1.807, 2.05) is 0 Å². The molecular formula is C15H29N3O3S. The van der Waals surface area contributed by atoms with Gasteiger partial charge in [0, 0.05) is 26.1 Å². The molecule has 0 bridgehead atoms. The lowest BCUT2D eigenvalue weighted by atomic mass is 9.96. The molecule has 0 saturated carbocycles. The molecule has 128 valence electrons. The lowest BCUT2D eigenvalue weighted by Gasteiger charge is -2.22. The number of nitrogens with zero attached hydrogens (tertiary/aromatic N) is 1. The van der Waals surface area contributed by atoms with E-state index < -0.39 is 10.0 Å². The fraction of sp³-hybridized carbons (Fsp3) is 0.933. The fourth-order valence-electron chi connectivity index (χ4n) is 3.18. The van der Waals surface area contributed by atoms with Crippen LogP contribution >= 0.6 is 0 Å². The van der Waals surface area contributed by atoms with Crippen LogP contribution in [0.15, 0.2) is 0 Å². The van der Waals surface area contributed by atoms with E-state index in [-0.39, 0.29) is 11.7 Å². The highest BCUT2D eigenvalue weighted by atomic mass is 32.2. The minimum absolute atomic E-state index is 0.0274. The summed E-state index contributed by atoms with van der Waals surface area (Å²) < 4.78 is 25.6. The number of carbonyl (C=O) groups is 1. The van der Waals surface area contributed by atoms with Crippen molar-refractivity contribution in [3.63, 3.8) is 0 Å². The van der Waals surface area contributed by atoms with Crippen molar-refractivity contribution in [2.24, 2.45) is 5.92 Å². The smallest absolute Gasteiger partial charge is 0.220 e. The van der Waals surface area contributed by atoms with Crippen molar-refractivity contribution < 1.29 is 13.2 Å². The molecule has 0 aromatic carbocycles. The highest BCUT2D eigenvalue weighted by Crippen LogP contribution is 2.14. The Bertz CT molecular complexity index is 441. The molecule has 2 saturated heterocycles. The number of amides is 1. The largest absolute Gasteiger partial charge is 0.356 e. The van der Waals surface area contributed by atoms with Crippen molar-refractivity contribution in [3.8, 4) is 0 Å². The molecule has 0 aliphatic carbocycles. The molecule has 2 fully saturated rings. The number of sulfonamides is 1. The first-order valence-electron chi connectivity index (χ1n) is 8.53. The Hall–Kier alpha value is -0.660. The van der Waals surface area contributed by atoms with Gasteiger partial charge in [-0.3, -0.25) is 4.79 Å². The molecule has 2 aliphatic rings. The summed E-state index contributed by atoms with van der Waals surface area (Å²) in [4.78, 5) is 11.8. The van der Waals surface area contributed by atoms with Crippen LogP contribution in [0.5, 0.6) is 0 Å². The van der Waals surface area contributed by atoms with Gasteiger partial charge in [-0.15, -0.1) is 0 Å². The molecule has 2 N–H and O–H groups in total. The van der Waals surface area contributed by atoms with Crippen molar-refractivity contribution >= 4 is 15.9 Å². The van der Waals surface area contributed by atoms with E-state index in [4.69, 9.17) is 0 Å². The lowest BCUT2D eigenvalue weighted by Crippen LogP contribution is -2.33. The van der Waals surface area contributed by atoms with Crippen LogP contribution in [0.25, 0.3) is 0 Å². The minimum atomic E-state index is -3.15. The fourth-order valence-corrected chi connectivity index (χ4v) is 4.77. The van der Waals surface area contributed by atoms with Crippen LogP contribution in [0.2, 0.25) is 0 Å². The summed E-state index contributed by atoms with van der Waals surface area (Å²) in [6, 6.07) is 0. The van der Waals surface area contributed by atoms with Gasteiger partial charge in [-0.1, -0.05) is 0 Å².